The van der Waals surface area contributed by atoms with Gasteiger partial charge in [-0.15, -0.1) is 0 Å². The van der Waals surface area contributed by atoms with E-state index in [0.717, 1.165) is 31.5 Å². The van der Waals surface area contributed by atoms with Gasteiger partial charge in [0.1, 0.15) is 0 Å². The van der Waals surface area contributed by atoms with Crippen LogP contribution in [0.1, 0.15) is 45.4 Å². The van der Waals surface area contributed by atoms with Crippen LogP contribution in [-0.4, -0.2) is 60.3 Å². The smallest absolute Gasteiger partial charge is 0.0682 e. The number of β-amino-alcohol motifs (C(OH)–C–C–N with tert-alkyl or cyclic N) is 1. The van der Waals surface area contributed by atoms with Gasteiger partial charge < -0.3 is 10.0 Å². The number of rotatable bonds is 4. The molecule has 2 fully saturated rings. The average Bonchev–Trinajstić information content (AvgIpc) is 2.69. The van der Waals surface area contributed by atoms with Crippen LogP contribution in [0.3, 0.4) is 0 Å². The molecular weight excluding hydrogens is 224 g/mol. The Hall–Kier alpha value is -0.120. The van der Waals surface area contributed by atoms with Crippen LogP contribution in [0.5, 0.6) is 0 Å². The van der Waals surface area contributed by atoms with Gasteiger partial charge in [0.15, 0.2) is 0 Å². The number of hydrogen-bond acceptors (Lipinski definition) is 3. The van der Waals surface area contributed by atoms with E-state index in [4.69, 9.17) is 0 Å². The highest BCUT2D eigenvalue weighted by Crippen LogP contribution is 2.34. The van der Waals surface area contributed by atoms with Crippen LogP contribution in [-0.2, 0) is 0 Å². The van der Waals surface area contributed by atoms with Gasteiger partial charge in [-0.2, -0.15) is 0 Å². The molecular formula is C15H30N2O. The van der Waals surface area contributed by atoms with E-state index in [1.807, 2.05) is 0 Å². The fourth-order valence-corrected chi connectivity index (χ4v) is 4.02. The van der Waals surface area contributed by atoms with Crippen molar-refractivity contribution in [3.63, 3.8) is 0 Å². The maximum Gasteiger partial charge on any atom is 0.0682 e. The zero-order valence-electron chi connectivity index (χ0n) is 12.3. The van der Waals surface area contributed by atoms with Crippen LogP contribution in [0.2, 0.25) is 0 Å². The van der Waals surface area contributed by atoms with Gasteiger partial charge >= 0.3 is 0 Å². The first kappa shape index (κ1) is 14.3. The van der Waals surface area contributed by atoms with E-state index in [1.165, 1.54) is 32.1 Å². The molecule has 0 bridgehead atoms. The van der Waals surface area contributed by atoms with Crippen LogP contribution in [0.4, 0.5) is 0 Å². The van der Waals surface area contributed by atoms with Crippen LogP contribution in [0, 0.1) is 5.92 Å². The molecule has 1 saturated heterocycles. The van der Waals surface area contributed by atoms with Gasteiger partial charge in [-0.3, -0.25) is 4.90 Å². The fraction of sp³-hybridized carbons (Fsp3) is 1.00. The molecule has 1 aliphatic carbocycles. The second kappa shape index (κ2) is 6.36. The molecule has 0 spiro atoms. The molecule has 0 radical (unpaired) electrons. The van der Waals surface area contributed by atoms with Crippen molar-refractivity contribution < 1.29 is 5.11 Å². The minimum absolute atomic E-state index is 0.102. The minimum Gasteiger partial charge on any atom is -0.392 e. The van der Waals surface area contributed by atoms with Crippen molar-refractivity contribution in [1.82, 2.24) is 9.80 Å². The Morgan fingerprint density at radius 2 is 1.94 bits per heavy atom. The molecule has 0 aromatic heterocycles. The van der Waals surface area contributed by atoms with E-state index in [0.29, 0.717) is 6.04 Å². The molecule has 106 valence electrons. The number of aliphatic hydroxyl groups excluding tert-OH is 1. The second-order valence-electron chi connectivity index (χ2n) is 6.52. The monoisotopic (exact) mass is 254 g/mol. The first-order chi connectivity index (χ1) is 8.61. The summed E-state index contributed by atoms with van der Waals surface area (Å²) in [5.74, 6) is 0.855. The van der Waals surface area contributed by atoms with Gasteiger partial charge in [0.25, 0.3) is 0 Å². The van der Waals surface area contributed by atoms with Gasteiger partial charge in [-0.1, -0.05) is 26.2 Å². The second-order valence-corrected chi connectivity index (χ2v) is 6.52. The maximum atomic E-state index is 10.0. The highest BCUT2D eigenvalue weighted by Gasteiger charge is 2.39. The molecule has 1 saturated carbocycles. The molecule has 3 heteroatoms. The summed E-state index contributed by atoms with van der Waals surface area (Å²) >= 11 is 0. The van der Waals surface area contributed by atoms with E-state index < -0.39 is 0 Å². The predicted molar refractivity (Wildman–Crippen MR) is 75.7 cm³/mol. The summed E-state index contributed by atoms with van der Waals surface area (Å²) in [7, 11) is 4.28. The standard InChI is InChI=1S/C15H30N2O/c1-4-12-7-5-6-8-15(12)17-11-14(18)9-13(17)10-16(2)3/h12-15,18H,4-11H2,1-3H3. The third-order valence-electron chi connectivity index (χ3n) is 4.83. The minimum atomic E-state index is -0.102. The van der Waals surface area contributed by atoms with E-state index in [9.17, 15) is 5.11 Å². The molecule has 3 nitrogen and oxygen atoms in total. The summed E-state index contributed by atoms with van der Waals surface area (Å²) in [6, 6.07) is 1.29. The quantitative estimate of drug-likeness (QED) is 0.831. The molecule has 0 amide bonds. The first-order valence-electron chi connectivity index (χ1n) is 7.70. The Kier molecular flexibility index (Phi) is 5.05. The fourth-order valence-electron chi connectivity index (χ4n) is 4.02. The molecule has 0 aromatic carbocycles. The zero-order valence-corrected chi connectivity index (χ0v) is 12.3. The molecule has 4 unspecified atom stereocenters. The van der Waals surface area contributed by atoms with Crippen molar-refractivity contribution in [1.29, 1.82) is 0 Å². The van der Waals surface area contributed by atoms with Crippen LogP contribution >= 0.6 is 0 Å². The predicted octanol–water partition coefficient (Wildman–Crippen LogP) is 1.95. The lowest BCUT2D eigenvalue weighted by Gasteiger charge is -2.41. The first-order valence-corrected chi connectivity index (χ1v) is 7.70. The Labute approximate surface area is 112 Å². The molecule has 2 rings (SSSR count). The summed E-state index contributed by atoms with van der Waals surface area (Å²) in [6.45, 7) is 4.32. The summed E-state index contributed by atoms with van der Waals surface area (Å²) in [6.07, 6.45) is 7.68. The highest BCUT2D eigenvalue weighted by molar-refractivity contribution is 4.94. The molecule has 1 heterocycles. The largest absolute Gasteiger partial charge is 0.392 e. The third kappa shape index (κ3) is 3.25. The third-order valence-corrected chi connectivity index (χ3v) is 4.83. The van der Waals surface area contributed by atoms with Crippen molar-refractivity contribution in [2.24, 2.45) is 5.92 Å². The number of likely N-dealkylation sites (N-methyl/N-ethyl adjacent to an activating group) is 1. The van der Waals surface area contributed by atoms with Gasteiger partial charge in [-0.05, 0) is 39.3 Å². The average molecular weight is 254 g/mol. The van der Waals surface area contributed by atoms with Gasteiger partial charge in [0.2, 0.25) is 0 Å². The highest BCUT2D eigenvalue weighted by atomic mass is 16.3. The number of likely N-dealkylation sites (tertiary alicyclic amines) is 1. The Balaban J connectivity index is 2.03. The summed E-state index contributed by atoms with van der Waals surface area (Å²) in [4.78, 5) is 4.90. The van der Waals surface area contributed by atoms with Gasteiger partial charge in [-0.25, -0.2) is 0 Å². The lowest BCUT2D eigenvalue weighted by atomic mass is 9.81. The van der Waals surface area contributed by atoms with Gasteiger partial charge in [0, 0.05) is 25.2 Å². The maximum absolute atomic E-state index is 10.0. The topological polar surface area (TPSA) is 26.7 Å². The zero-order chi connectivity index (χ0) is 13.1. The Morgan fingerprint density at radius 3 is 2.61 bits per heavy atom. The Morgan fingerprint density at radius 1 is 1.22 bits per heavy atom. The molecule has 1 aliphatic heterocycles. The van der Waals surface area contributed by atoms with Crippen molar-refractivity contribution >= 4 is 0 Å². The molecule has 0 aromatic rings. The van der Waals surface area contributed by atoms with Crippen molar-refractivity contribution in [2.75, 3.05) is 27.2 Å². The molecule has 1 N–H and O–H groups in total. The van der Waals surface area contributed by atoms with Crippen LogP contribution < -0.4 is 0 Å². The Bertz CT molecular complexity index is 257. The van der Waals surface area contributed by atoms with Crippen LogP contribution in [0.25, 0.3) is 0 Å². The summed E-state index contributed by atoms with van der Waals surface area (Å²) in [5.41, 5.74) is 0. The van der Waals surface area contributed by atoms with E-state index in [2.05, 4.69) is 30.8 Å². The van der Waals surface area contributed by atoms with E-state index in [-0.39, 0.29) is 6.10 Å². The van der Waals surface area contributed by atoms with E-state index >= 15 is 0 Å². The van der Waals surface area contributed by atoms with Crippen molar-refractivity contribution in [3.05, 3.63) is 0 Å². The van der Waals surface area contributed by atoms with Crippen molar-refractivity contribution in [3.8, 4) is 0 Å². The molecule has 2 aliphatic rings. The normalized spacial score (nSPS) is 38.5. The SMILES string of the molecule is CCC1CCCCC1N1CC(O)CC1CN(C)C. The molecule has 4 atom stereocenters. The lowest BCUT2D eigenvalue weighted by molar-refractivity contribution is 0.0709. The van der Waals surface area contributed by atoms with Crippen LogP contribution in [0.15, 0.2) is 0 Å². The van der Waals surface area contributed by atoms with Crippen molar-refractivity contribution in [2.45, 2.75) is 63.6 Å². The number of aliphatic hydroxyl groups is 1. The number of nitrogens with zero attached hydrogens (tertiary/aromatic N) is 2. The van der Waals surface area contributed by atoms with E-state index in [1.54, 1.807) is 0 Å². The van der Waals surface area contributed by atoms with Gasteiger partial charge in [0.05, 0.1) is 6.10 Å². The number of hydrogen-bond donors (Lipinski definition) is 1. The lowest BCUT2D eigenvalue weighted by Crippen LogP contribution is -2.48. The molecule has 18 heavy (non-hydrogen) atoms. The summed E-state index contributed by atoms with van der Waals surface area (Å²) < 4.78 is 0. The summed E-state index contributed by atoms with van der Waals surface area (Å²) in [5, 5.41) is 10.0.